The molecule has 6 nitrogen and oxygen atoms in total. The highest BCUT2D eigenvalue weighted by Crippen LogP contribution is 2.21. The second-order valence-electron chi connectivity index (χ2n) is 6.23. The highest BCUT2D eigenvalue weighted by atomic mass is 32.2. The van der Waals surface area contributed by atoms with Gasteiger partial charge in [-0.3, -0.25) is 4.79 Å². The molecular weight excluding hydrogens is 370 g/mol. The van der Waals surface area contributed by atoms with Gasteiger partial charge in [0.1, 0.15) is 4.21 Å². The molecule has 8 heteroatoms. The summed E-state index contributed by atoms with van der Waals surface area (Å²) in [6.45, 7) is 5.11. The van der Waals surface area contributed by atoms with Crippen LogP contribution in [0, 0.1) is 6.92 Å². The summed E-state index contributed by atoms with van der Waals surface area (Å²) < 4.78 is 26.9. The number of benzene rings is 1. The van der Waals surface area contributed by atoms with E-state index in [1.807, 2.05) is 17.0 Å². The molecule has 26 heavy (non-hydrogen) atoms. The van der Waals surface area contributed by atoms with Crippen molar-refractivity contribution >= 4 is 33.0 Å². The fraction of sp³-hybridized carbons (Fsp3) is 0.389. The molecule has 0 saturated carbocycles. The minimum Gasteiger partial charge on any atom is -0.368 e. The van der Waals surface area contributed by atoms with Crippen molar-refractivity contribution in [1.29, 1.82) is 0 Å². The van der Waals surface area contributed by atoms with E-state index in [9.17, 15) is 13.2 Å². The summed E-state index contributed by atoms with van der Waals surface area (Å²) in [4.78, 5) is 16.5. The Morgan fingerprint density at radius 1 is 1.12 bits per heavy atom. The number of carbonyl (C=O) groups excluding carboxylic acids is 1. The number of anilines is 1. The number of piperazine rings is 1. The lowest BCUT2D eigenvalue weighted by Crippen LogP contribution is -2.49. The predicted octanol–water partition coefficient (Wildman–Crippen LogP) is 2.07. The van der Waals surface area contributed by atoms with Crippen molar-refractivity contribution in [2.45, 2.75) is 17.6 Å². The molecule has 0 atom stereocenters. The van der Waals surface area contributed by atoms with Gasteiger partial charge in [-0.2, -0.15) is 0 Å². The molecule has 0 unspecified atom stereocenters. The normalized spacial score (nSPS) is 15.3. The molecule has 0 bridgehead atoms. The fourth-order valence-corrected chi connectivity index (χ4v) is 5.12. The van der Waals surface area contributed by atoms with Crippen molar-refractivity contribution in [3.63, 3.8) is 0 Å². The summed E-state index contributed by atoms with van der Waals surface area (Å²) in [6.07, 6.45) is 0.176. The monoisotopic (exact) mass is 393 g/mol. The SMILES string of the molecule is Cc1ccccc1N1CCN(C(=O)CCNS(=O)(=O)c2cccs2)CC1. The van der Waals surface area contributed by atoms with Crippen molar-refractivity contribution in [3.8, 4) is 0 Å². The number of para-hydroxylation sites is 1. The topological polar surface area (TPSA) is 69.7 Å². The summed E-state index contributed by atoms with van der Waals surface area (Å²) in [7, 11) is -3.50. The lowest BCUT2D eigenvalue weighted by molar-refractivity contribution is -0.131. The Balaban J connectivity index is 1.46. The Labute approximate surface area is 158 Å². The third kappa shape index (κ3) is 4.44. The van der Waals surface area contributed by atoms with Crippen molar-refractivity contribution in [2.24, 2.45) is 0 Å². The number of amides is 1. The van der Waals surface area contributed by atoms with Gasteiger partial charge < -0.3 is 9.80 Å². The van der Waals surface area contributed by atoms with E-state index in [2.05, 4.69) is 28.7 Å². The number of nitrogens with one attached hydrogen (secondary N) is 1. The van der Waals surface area contributed by atoms with E-state index in [-0.39, 0.29) is 23.1 Å². The van der Waals surface area contributed by atoms with Gasteiger partial charge >= 0.3 is 0 Å². The van der Waals surface area contributed by atoms with E-state index >= 15 is 0 Å². The van der Waals surface area contributed by atoms with E-state index in [4.69, 9.17) is 0 Å². The number of hydrogen-bond acceptors (Lipinski definition) is 5. The van der Waals surface area contributed by atoms with Crippen LogP contribution in [0.25, 0.3) is 0 Å². The first-order valence-corrected chi connectivity index (χ1v) is 11.0. The average molecular weight is 394 g/mol. The first-order chi connectivity index (χ1) is 12.5. The van der Waals surface area contributed by atoms with Crippen molar-refractivity contribution in [3.05, 3.63) is 47.3 Å². The van der Waals surface area contributed by atoms with Crippen LogP contribution in [0.15, 0.2) is 46.0 Å². The largest absolute Gasteiger partial charge is 0.368 e. The zero-order valence-electron chi connectivity index (χ0n) is 14.7. The number of hydrogen-bond donors (Lipinski definition) is 1. The van der Waals surface area contributed by atoms with Gasteiger partial charge in [0.2, 0.25) is 15.9 Å². The van der Waals surface area contributed by atoms with E-state index in [0.717, 1.165) is 24.4 Å². The van der Waals surface area contributed by atoms with Crippen LogP contribution in [-0.2, 0) is 14.8 Å². The Hall–Kier alpha value is -1.90. The minimum absolute atomic E-state index is 0.0108. The van der Waals surface area contributed by atoms with Crippen LogP contribution in [0.5, 0.6) is 0 Å². The molecule has 1 aromatic carbocycles. The van der Waals surface area contributed by atoms with Gasteiger partial charge in [-0.25, -0.2) is 13.1 Å². The Kier molecular flexibility index (Phi) is 5.95. The van der Waals surface area contributed by atoms with Gasteiger partial charge in [0.25, 0.3) is 0 Å². The molecule has 1 aliphatic heterocycles. The van der Waals surface area contributed by atoms with E-state index in [0.29, 0.717) is 13.1 Å². The molecule has 3 rings (SSSR count). The second kappa shape index (κ2) is 8.20. The maximum Gasteiger partial charge on any atom is 0.250 e. The van der Waals surface area contributed by atoms with Crippen molar-refractivity contribution in [1.82, 2.24) is 9.62 Å². The first-order valence-electron chi connectivity index (χ1n) is 8.59. The number of rotatable bonds is 6. The van der Waals surface area contributed by atoms with Crippen molar-refractivity contribution < 1.29 is 13.2 Å². The lowest BCUT2D eigenvalue weighted by atomic mass is 10.1. The summed E-state index contributed by atoms with van der Waals surface area (Å²) >= 11 is 1.16. The molecule has 1 aromatic heterocycles. The molecule has 1 amide bonds. The van der Waals surface area contributed by atoms with Crippen LogP contribution in [0.2, 0.25) is 0 Å². The molecule has 2 heterocycles. The van der Waals surface area contributed by atoms with Crippen LogP contribution in [0.1, 0.15) is 12.0 Å². The van der Waals surface area contributed by atoms with Gasteiger partial charge in [-0.1, -0.05) is 24.3 Å². The highest BCUT2D eigenvalue weighted by molar-refractivity contribution is 7.91. The molecular formula is C18H23N3O3S2. The third-order valence-corrected chi connectivity index (χ3v) is 7.34. The smallest absolute Gasteiger partial charge is 0.250 e. The number of carbonyl (C=O) groups is 1. The summed E-state index contributed by atoms with van der Waals surface area (Å²) in [5.41, 5.74) is 2.44. The van der Waals surface area contributed by atoms with Crippen LogP contribution >= 0.6 is 11.3 Å². The average Bonchev–Trinajstić information content (AvgIpc) is 3.18. The highest BCUT2D eigenvalue weighted by Gasteiger charge is 2.22. The standard InChI is InChI=1S/C18H23N3O3S2/c1-15-5-2-3-6-16(15)20-10-12-21(13-11-20)17(22)8-9-19-26(23,24)18-7-4-14-25-18/h2-7,14,19H,8-13H2,1H3. The zero-order chi connectivity index (χ0) is 18.6. The third-order valence-electron chi connectivity index (χ3n) is 4.48. The van der Waals surface area contributed by atoms with Gasteiger partial charge in [-0.15, -0.1) is 11.3 Å². The van der Waals surface area contributed by atoms with Crippen LogP contribution in [0.4, 0.5) is 5.69 Å². The van der Waals surface area contributed by atoms with Crippen LogP contribution in [0.3, 0.4) is 0 Å². The molecule has 2 aromatic rings. The molecule has 1 aliphatic rings. The van der Waals surface area contributed by atoms with E-state index in [1.165, 1.54) is 11.3 Å². The summed E-state index contributed by atoms with van der Waals surface area (Å²) in [5.74, 6) is -0.0108. The van der Waals surface area contributed by atoms with E-state index in [1.54, 1.807) is 17.5 Å². The van der Waals surface area contributed by atoms with Gasteiger partial charge in [0.05, 0.1) is 0 Å². The van der Waals surface area contributed by atoms with E-state index < -0.39 is 10.0 Å². The quantitative estimate of drug-likeness (QED) is 0.816. The molecule has 1 N–H and O–H groups in total. The molecule has 1 saturated heterocycles. The van der Waals surface area contributed by atoms with Gasteiger partial charge in [0, 0.05) is 44.8 Å². The lowest BCUT2D eigenvalue weighted by Gasteiger charge is -2.36. The number of sulfonamides is 1. The molecule has 140 valence electrons. The molecule has 0 radical (unpaired) electrons. The zero-order valence-corrected chi connectivity index (χ0v) is 16.4. The Morgan fingerprint density at radius 3 is 2.50 bits per heavy atom. The van der Waals surface area contributed by atoms with Gasteiger partial charge in [-0.05, 0) is 30.0 Å². The molecule has 0 aliphatic carbocycles. The first kappa shape index (κ1) is 18.9. The van der Waals surface area contributed by atoms with Crippen LogP contribution < -0.4 is 9.62 Å². The van der Waals surface area contributed by atoms with Gasteiger partial charge in [0.15, 0.2) is 0 Å². The Morgan fingerprint density at radius 2 is 1.85 bits per heavy atom. The number of aryl methyl sites for hydroxylation is 1. The van der Waals surface area contributed by atoms with Crippen molar-refractivity contribution in [2.75, 3.05) is 37.6 Å². The maximum atomic E-state index is 12.4. The predicted molar refractivity (Wildman–Crippen MR) is 104 cm³/mol. The second-order valence-corrected chi connectivity index (χ2v) is 9.18. The maximum absolute atomic E-state index is 12.4. The van der Waals surface area contributed by atoms with Crippen LogP contribution in [-0.4, -0.2) is 51.9 Å². The fourth-order valence-electron chi connectivity index (χ4n) is 3.05. The Bertz CT molecular complexity index is 842. The number of nitrogens with zero attached hydrogens (tertiary/aromatic N) is 2. The minimum atomic E-state index is -3.50. The number of thiophene rings is 1. The summed E-state index contributed by atoms with van der Waals surface area (Å²) in [6, 6.07) is 11.5. The summed E-state index contributed by atoms with van der Waals surface area (Å²) in [5, 5.41) is 1.72. The molecule has 0 spiro atoms. The molecule has 1 fully saturated rings.